The Labute approximate surface area is 289 Å². The van der Waals surface area contributed by atoms with E-state index in [0.29, 0.717) is 23.0 Å². The molecule has 0 aliphatic carbocycles. The molecule has 0 aliphatic heterocycles. The molecule has 0 radical (unpaired) electrons. The van der Waals surface area contributed by atoms with Gasteiger partial charge in [-0.05, 0) is 79.9 Å². The fourth-order valence-electron chi connectivity index (χ4n) is 6.05. The fourth-order valence-corrected chi connectivity index (χ4v) is 6.05. The van der Waals surface area contributed by atoms with Crippen molar-refractivity contribution in [1.82, 2.24) is 19.3 Å². The topological polar surface area (TPSA) is 44.9 Å². The molecule has 6 heteroatoms. The van der Waals surface area contributed by atoms with Gasteiger partial charge < -0.3 is 9.30 Å². The summed E-state index contributed by atoms with van der Waals surface area (Å²) in [7, 11) is 0. The standard InChI is InChI=1S/C40H36N4O.Pt/c1-26(2)14-16-30-20-21-41-39(23-30)43-37-19-15-27(3)22-36(37)35-18-17-34(25-38(35)43)45-33-13-9-12-32(24-33)44-29(5)40(28(4)42-44)31-10-7-6-8-11-31;/h6-13,15,17-23,26H,14,16H2,1-5H3;/q-2;+2/i3D3;. The third-order valence-corrected chi connectivity index (χ3v) is 8.25. The van der Waals surface area contributed by atoms with E-state index in [-0.39, 0.29) is 21.1 Å². The second-order valence-electron chi connectivity index (χ2n) is 11.9. The summed E-state index contributed by atoms with van der Waals surface area (Å²) in [6.45, 7) is 6.30. The van der Waals surface area contributed by atoms with Crippen LogP contribution in [0.25, 0.3) is 44.4 Å². The van der Waals surface area contributed by atoms with E-state index in [1.54, 1.807) is 12.1 Å². The predicted octanol–water partition coefficient (Wildman–Crippen LogP) is 9.94. The number of aromatic nitrogens is 4. The molecule has 5 nitrogen and oxygen atoms in total. The van der Waals surface area contributed by atoms with Gasteiger partial charge in [-0.2, -0.15) is 17.2 Å². The van der Waals surface area contributed by atoms with Crippen molar-refractivity contribution in [3.05, 3.63) is 132 Å². The van der Waals surface area contributed by atoms with Crippen LogP contribution >= 0.6 is 0 Å². The van der Waals surface area contributed by atoms with Crippen LogP contribution in [-0.4, -0.2) is 19.3 Å². The number of pyridine rings is 1. The second-order valence-corrected chi connectivity index (χ2v) is 11.9. The number of aryl methyl sites for hydroxylation is 3. The van der Waals surface area contributed by atoms with Crippen LogP contribution < -0.4 is 4.74 Å². The van der Waals surface area contributed by atoms with Gasteiger partial charge >= 0.3 is 21.1 Å². The summed E-state index contributed by atoms with van der Waals surface area (Å²) >= 11 is 0. The van der Waals surface area contributed by atoms with Gasteiger partial charge in [0.25, 0.3) is 0 Å². The van der Waals surface area contributed by atoms with Crippen molar-refractivity contribution >= 4 is 21.8 Å². The van der Waals surface area contributed by atoms with Gasteiger partial charge in [-0.25, -0.2) is 4.98 Å². The minimum Gasteiger partial charge on any atom is -0.509 e. The summed E-state index contributed by atoms with van der Waals surface area (Å²) in [5.74, 6) is 2.37. The third-order valence-electron chi connectivity index (χ3n) is 8.25. The first kappa shape index (κ1) is 27.8. The summed E-state index contributed by atoms with van der Waals surface area (Å²) in [4.78, 5) is 4.75. The average Bonchev–Trinajstić information content (AvgIpc) is 3.56. The van der Waals surface area contributed by atoms with Crippen LogP contribution in [0.2, 0.25) is 0 Å². The SMILES string of the molecule is [2H]C([2H])([2H])c1ccc2c(c1)c1ccc(Oc3[c-]c(-n4nc(C)c(-c5ccccc5)c4C)ccc3)[c-]c1n2-c1cc(CCC(C)C)ccn1.[Pt+2]. The van der Waals surface area contributed by atoms with E-state index in [1.807, 2.05) is 77.0 Å². The van der Waals surface area contributed by atoms with Gasteiger partial charge in [-0.3, -0.25) is 4.68 Å². The van der Waals surface area contributed by atoms with Gasteiger partial charge in [0.15, 0.2) is 0 Å². The molecule has 46 heavy (non-hydrogen) atoms. The molecule has 0 spiro atoms. The smallest absolute Gasteiger partial charge is 0.509 e. The Kier molecular flexibility index (Phi) is 7.92. The van der Waals surface area contributed by atoms with Crippen LogP contribution in [0.5, 0.6) is 11.5 Å². The fraction of sp³-hybridized carbons (Fsp3) is 0.200. The molecule has 0 N–H and O–H groups in total. The van der Waals surface area contributed by atoms with Crippen LogP contribution in [0.3, 0.4) is 0 Å². The Balaban J connectivity index is 0.00000417. The zero-order valence-electron chi connectivity index (χ0n) is 29.2. The number of ether oxygens (including phenoxy) is 1. The van der Waals surface area contributed by atoms with E-state index < -0.39 is 6.85 Å². The molecule has 3 aromatic heterocycles. The maximum atomic E-state index is 8.02. The van der Waals surface area contributed by atoms with Crippen molar-refractivity contribution in [2.75, 3.05) is 0 Å². The molecular weight excluding hydrogens is 748 g/mol. The summed E-state index contributed by atoms with van der Waals surface area (Å²) in [6.07, 6.45) is 3.85. The van der Waals surface area contributed by atoms with E-state index in [4.69, 9.17) is 18.9 Å². The molecule has 0 aliphatic rings. The van der Waals surface area contributed by atoms with Crippen molar-refractivity contribution in [2.45, 2.75) is 47.4 Å². The molecule has 0 fully saturated rings. The van der Waals surface area contributed by atoms with E-state index >= 15 is 0 Å². The molecule has 7 aromatic rings. The van der Waals surface area contributed by atoms with Gasteiger partial charge in [0.05, 0.1) is 5.69 Å². The maximum Gasteiger partial charge on any atom is 2.00 e. The second kappa shape index (κ2) is 13.1. The first-order valence-corrected chi connectivity index (χ1v) is 15.4. The molecule has 0 saturated heterocycles. The summed E-state index contributed by atoms with van der Waals surface area (Å²) in [5.41, 5.74) is 8.04. The van der Waals surface area contributed by atoms with Gasteiger partial charge in [0, 0.05) is 38.6 Å². The largest absolute Gasteiger partial charge is 2.00 e. The first-order chi connectivity index (χ1) is 23.1. The van der Waals surface area contributed by atoms with Crippen molar-refractivity contribution in [2.24, 2.45) is 5.92 Å². The molecule has 3 heterocycles. The number of rotatable bonds is 8. The molecule has 4 aromatic carbocycles. The van der Waals surface area contributed by atoms with Crippen molar-refractivity contribution in [3.63, 3.8) is 0 Å². The third kappa shape index (κ3) is 6.04. The minimum atomic E-state index is -2.22. The summed E-state index contributed by atoms with van der Waals surface area (Å²) < 4.78 is 34.4. The monoisotopic (exact) mass is 786 g/mol. The van der Waals surface area contributed by atoms with Crippen LogP contribution in [0.4, 0.5) is 0 Å². The van der Waals surface area contributed by atoms with Crippen LogP contribution in [-0.2, 0) is 27.5 Å². The number of benzene rings is 4. The number of nitrogens with zero attached hydrogens (tertiary/aromatic N) is 4. The first-order valence-electron chi connectivity index (χ1n) is 16.9. The van der Waals surface area contributed by atoms with Crippen molar-refractivity contribution < 1.29 is 29.9 Å². The van der Waals surface area contributed by atoms with Gasteiger partial charge in [-0.1, -0.05) is 67.4 Å². The van der Waals surface area contributed by atoms with Gasteiger partial charge in [0.1, 0.15) is 5.82 Å². The molecular formula is C40H36N4OPt. The Hall–Kier alpha value is -4.47. The van der Waals surface area contributed by atoms with Crippen LogP contribution in [0, 0.1) is 38.8 Å². The molecule has 0 bridgehead atoms. The molecule has 0 atom stereocenters. The van der Waals surface area contributed by atoms with E-state index in [1.165, 1.54) is 5.56 Å². The van der Waals surface area contributed by atoms with Gasteiger partial charge in [0.2, 0.25) is 0 Å². The molecule has 0 amide bonds. The average molecular weight is 787 g/mol. The van der Waals surface area contributed by atoms with Gasteiger partial charge in [-0.15, -0.1) is 35.7 Å². The van der Waals surface area contributed by atoms with E-state index in [9.17, 15) is 0 Å². The number of fused-ring (bicyclic) bond motifs is 3. The minimum absolute atomic E-state index is 0. The molecule has 0 unspecified atom stereocenters. The van der Waals surface area contributed by atoms with E-state index in [0.717, 1.165) is 68.7 Å². The van der Waals surface area contributed by atoms with Crippen molar-refractivity contribution in [3.8, 4) is 34.1 Å². The van der Waals surface area contributed by atoms with E-state index in [2.05, 4.69) is 57.2 Å². The number of hydrogen-bond donors (Lipinski definition) is 0. The molecule has 232 valence electrons. The van der Waals surface area contributed by atoms with Crippen LogP contribution in [0.1, 0.15) is 46.9 Å². The van der Waals surface area contributed by atoms with Crippen LogP contribution in [0.15, 0.2) is 97.2 Å². The Morgan fingerprint density at radius 2 is 1.70 bits per heavy atom. The molecule has 0 saturated carbocycles. The zero-order valence-corrected chi connectivity index (χ0v) is 28.5. The zero-order chi connectivity index (χ0) is 33.6. The Morgan fingerprint density at radius 3 is 2.50 bits per heavy atom. The normalized spacial score (nSPS) is 12.6. The quantitative estimate of drug-likeness (QED) is 0.144. The Morgan fingerprint density at radius 1 is 0.870 bits per heavy atom. The predicted molar refractivity (Wildman–Crippen MR) is 183 cm³/mol. The summed E-state index contributed by atoms with van der Waals surface area (Å²) in [5, 5.41) is 6.53. The van der Waals surface area contributed by atoms with Crippen molar-refractivity contribution in [1.29, 1.82) is 0 Å². The maximum absolute atomic E-state index is 8.02. The Bertz CT molecular complexity index is 2270. The summed E-state index contributed by atoms with van der Waals surface area (Å²) in [6, 6.07) is 36.2. The number of hydrogen-bond acceptors (Lipinski definition) is 3. The molecule has 7 rings (SSSR count).